The monoisotopic (exact) mass is 348 g/mol. The number of aliphatic carboxylic acids is 1. The molecule has 2 N–H and O–H groups in total. The van der Waals surface area contributed by atoms with Gasteiger partial charge in [0.05, 0.1) is 12.7 Å². The van der Waals surface area contributed by atoms with Crippen LogP contribution in [0, 0.1) is 0 Å². The molecule has 0 unspecified atom stereocenters. The quantitative estimate of drug-likeness (QED) is 0.844. The molecule has 1 saturated heterocycles. The molecule has 1 aromatic carbocycles. The van der Waals surface area contributed by atoms with Gasteiger partial charge in [-0.15, -0.1) is 0 Å². The van der Waals surface area contributed by atoms with Crippen molar-refractivity contribution >= 4 is 17.8 Å². The molecule has 25 heavy (non-hydrogen) atoms. The summed E-state index contributed by atoms with van der Waals surface area (Å²) in [7, 11) is 1.52. The standard InChI is InChI=1S/C17H20N2O6/c1-10(16(22)23)19-8-7-17(6-5-14(19)20)18-15(21)12-4-3-11(24-2)9-13(12)25-17/h3-4,9-10H,5-8H2,1-2H3,(H,18,21)(H,22,23)/t10-,17+/m1/s1. The molecule has 2 aliphatic rings. The van der Waals surface area contributed by atoms with Crippen LogP contribution in [0.5, 0.6) is 11.5 Å². The number of nitrogens with one attached hydrogen (secondary N) is 1. The number of hydrogen-bond donors (Lipinski definition) is 2. The van der Waals surface area contributed by atoms with Gasteiger partial charge in [-0.1, -0.05) is 0 Å². The van der Waals surface area contributed by atoms with Gasteiger partial charge in [0.25, 0.3) is 5.91 Å². The number of carbonyl (C=O) groups is 3. The average molecular weight is 348 g/mol. The molecule has 1 fully saturated rings. The number of benzene rings is 1. The van der Waals surface area contributed by atoms with Crippen molar-refractivity contribution in [1.82, 2.24) is 10.2 Å². The van der Waals surface area contributed by atoms with Crippen LogP contribution < -0.4 is 14.8 Å². The topological polar surface area (TPSA) is 105 Å². The summed E-state index contributed by atoms with van der Waals surface area (Å²) in [6, 6.07) is 4.01. The largest absolute Gasteiger partial charge is 0.497 e. The lowest BCUT2D eigenvalue weighted by Crippen LogP contribution is -2.56. The van der Waals surface area contributed by atoms with E-state index in [1.807, 2.05) is 0 Å². The minimum absolute atomic E-state index is 0.0944. The fourth-order valence-electron chi connectivity index (χ4n) is 3.19. The Morgan fingerprint density at radius 3 is 2.84 bits per heavy atom. The number of amides is 2. The van der Waals surface area contributed by atoms with Gasteiger partial charge < -0.3 is 24.8 Å². The van der Waals surface area contributed by atoms with E-state index in [-0.39, 0.29) is 31.2 Å². The first-order valence-electron chi connectivity index (χ1n) is 8.07. The average Bonchev–Trinajstić information content (AvgIpc) is 2.73. The summed E-state index contributed by atoms with van der Waals surface area (Å²) < 4.78 is 11.2. The number of ether oxygens (including phenoxy) is 2. The summed E-state index contributed by atoms with van der Waals surface area (Å²) in [4.78, 5) is 37.3. The zero-order chi connectivity index (χ0) is 18.2. The van der Waals surface area contributed by atoms with Crippen LogP contribution in [0.4, 0.5) is 0 Å². The maximum atomic E-state index is 12.5. The van der Waals surface area contributed by atoms with Gasteiger partial charge >= 0.3 is 5.97 Å². The number of carboxylic acid groups (broad SMARTS) is 1. The normalized spacial score (nSPS) is 24.0. The Morgan fingerprint density at radius 1 is 1.40 bits per heavy atom. The zero-order valence-corrected chi connectivity index (χ0v) is 14.1. The van der Waals surface area contributed by atoms with E-state index in [9.17, 15) is 14.4 Å². The second-order valence-electron chi connectivity index (χ2n) is 6.26. The first kappa shape index (κ1) is 17.1. The Hall–Kier alpha value is -2.77. The van der Waals surface area contributed by atoms with Crippen molar-refractivity contribution in [2.45, 2.75) is 38.0 Å². The van der Waals surface area contributed by atoms with Crippen LogP contribution in [0.2, 0.25) is 0 Å². The first-order valence-corrected chi connectivity index (χ1v) is 8.07. The number of nitrogens with zero attached hydrogens (tertiary/aromatic N) is 1. The maximum Gasteiger partial charge on any atom is 0.326 e. The van der Waals surface area contributed by atoms with Crippen LogP contribution in [-0.4, -0.2) is 53.2 Å². The summed E-state index contributed by atoms with van der Waals surface area (Å²) in [5.41, 5.74) is -0.628. The molecule has 2 atom stereocenters. The molecule has 0 aliphatic carbocycles. The van der Waals surface area contributed by atoms with E-state index in [1.165, 1.54) is 18.9 Å². The van der Waals surface area contributed by atoms with E-state index < -0.39 is 17.7 Å². The number of fused-ring (bicyclic) bond motifs is 1. The number of rotatable bonds is 3. The van der Waals surface area contributed by atoms with Crippen molar-refractivity contribution in [3.63, 3.8) is 0 Å². The third-order valence-corrected chi connectivity index (χ3v) is 4.72. The smallest absolute Gasteiger partial charge is 0.326 e. The highest BCUT2D eigenvalue weighted by Gasteiger charge is 2.43. The maximum absolute atomic E-state index is 12.5. The first-order chi connectivity index (χ1) is 11.8. The Labute approximate surface area is 144 Å². The molecule has 2 heterocycles. The molecule has 8 heteroatoms. The highest BCUT2D eigenvalue weighted by molar-refractivity contribution is 5.98. The number of methoxy groups -OCH3 is 1. The van der Waals surface area contributed by atoms with Crippen molar-refractivity contribution in [2.75, 3.05) is 13.7 Å². The van der Waals surface area contributed by atoms with Crippen LogP contribution in [-0.2, 0) is 9.59 Å². The molecular formula is C17H20N2O6. The summed E-state index contributed by atoms with van der Waals surface area (Å²) in [5.74, 6) is -0.644. The number of carboxylic acids is 1. The predicted octanol–water partition coefficient (Wildman–Crippen LogP) is 0.999. The predicted molar refractivity (Wildman–Crippen MR) is 86.5 cm³/mol. The van der Waals surface area contributed by atoms with Crippen LogP contribution in [0.3, 0.4) is 0 Å². The fraction of sp³-hybridized carbons (Fsp3) is 0.471. The molecule has 2 aliphatic heterocycles. The number of likely N-dealkylation sites (tertiary alicyclic amines) is 1. The van der Waals surface area contributed by atoms with Crippen LogP contribution >= 0.6 is 0 Å². The van der Waals surface area contributed by atoms with Crippen molar-refractivity contribution in [3.8, 4) is 11.5 Å². The van der Waals surface area contributed by atoms with Crippen molar-refractivity contribution < 1.29 is 29.0 Å². The molecule has 8 nitrogen and oxygen atoms in total. The van der Waals surface area contributed by atoms with E-state index in [0.717, 1.165) is 0 Å². The summed E-state index contributed by atoms with van der Waals surface area (Å²) >= 11 is 0. The SMILES string of the molecule is COc1ccc2c(c1)O[C@]1(CCC(=O)N([C@H](C)C(=O)O)CC1)NC2=O. The lowest BCUT2D eigenvalue weighted by atomic mass is 10.00. The van der Waals surface area contributed by atoms with Gasteiger partial charge in [-0.2, -0.15) is 0 Å². The Balaban J connectivity index is 1.86. The molecular weight excluding hydrogens is 328 g/mol. The minimum atomic E-state index is -1.06. The summed E-state index contributed by atoms with van der Waals surface area (Å²) in [6.45, 7) is 1.66. The molecule has 2 amide bonds. The Kier molecular flexibility index (Phi) is 4.28. The van der Waals surface area contributed by atoms with Crippen LogP contribution in [0.25, 0.3) is 0 Å². The zero-order valence-electron chi connectivity index (χ0n) is 14.1. The highest BCUT2D eigenvalue weighted by Crippen LogP contribution is 2.36. The number of carbonyl (C=O) groups excluding carboxylic acids is 2. The van der Waals surface area contributed by atoms with E-state index >= 15 is 0 Å². The molecule has 134 valence electrons. The van der Waals surface area contributed by atoms with Crippen molar-refractivity contribution in [3.05, 3.63) is 23.8 Å². The van der Waals surface area contributed by atoms with Gasteiger partial charge in [-0.05, 0) is 19.1 Å². The van der Waals surface area contributed by atoms with Crippen molar-refractivity contribution in [1.29, 1.82) is 0 Å². The second kappa shape index (κ2) is 6.27. The third-order valence-electron chi connectivity index (χ3n) is 4.72. The van der Waals surface area contributed by atoms with Gasteiger partial charge in [0.2, 0.25) is 5.91 Å². The fourth-order valence-corrected chi connectivity index (χ4v) is 3.19. The van der Waals surface area contributed by atoms with E-state index in [0.29, 0.717) is 23.5 Å². The van der Waals surface area contributed by atoms with Crippen LogP contribution in [0.1, 0.15) is 36.5 Å². The molecule has 0 radical (unpaired) electrons. The highest BCUT2D eigenvalue weighted by atomic mass is 16.5. The summed E-state index contributed by atoms with van der Waals surface area (Å²) in [5, 5.41) is 12.0. The summed E-state index contributed by atoms with van der Waals surface area (Å²) in [6.07, 6.45) is 0.674. The van der Waals surface area contributed by atoms with Crippen molar-refractivity contribution in [2.24, 2.45) is 0 Å². The third kappa shape index (κ3) is 3.11. The Bertz CT molecular complexity index is 734. The van der Waals surface area contributed by atoms with Gasteiger partial charge in [0.15, 0.2) is 5.72 Å². The van der Waals surface area contributed by atoms with E-state index in [2.05, 4.69) is 5.32 Å². The lowest BCUT2D eigenvalue weighted by Gasteiger charge is -2.38. The minimum Gasteiger partial charge on any atom is -0.497 e. The van der Waals surface area contributed by atoms with Gasteiger partial charge in [0, 0.05) is 31.9 Å². The molecule has 1 aromatic rings. The molecule has 3 rings (SSSR count). The molecule has 0 bridgehead atoms. The molecule has 0 saturated carbocycles. The number of hydrogen-bond acceptors (Lipinski definition) is 5. The molecule has 0 aromatic heterocycles. The van der Waals surface area contributed by atoms with E-state index in [4.69, 9.17) is 14.6 Å². The van der Waals surface area contributed by atoms with E-state index in [1.54, 1.807) is 18.2 Å². The van der Waals surface area contributed by atoms with Gasteiger partial charge in [0.1, 0.15) is 17.5 Å². The van der Waals surface area contributed by atoms with Gasteiger partial charge in [-0.3, -0.25) is 9.59 Å². The van der Waals surface area contributed by atoms with Crippen LogP contribution in [0.15, 0.2) is 18.2 Å². The van der Waals surface area contributed by atoms with Gasteiger partial charge in [-0.25, -0.2) is 4.79 Å². The second-order valence-corrected chi connectivity index (χ2v) is 6.26. The Morgan fingerprint density at radius 2 is 2.16 bits per heavy atom. The lowest BCUT2D eigenvalue weighted by molar-refractivity contribution is -0.149. The molecule has 1 spiro atoms.